The minimum absolute atomic E-state index is 0.0679. The fraction of sp³-hybridized carbons (Fsp3) is 0.381. The van der Waals surface area contributed by atoms with Crippen LogP contribution in [0.3, 0.4) is 0 Å². The molecule has 0 unspecified atom stereocenters. The summed E-state index contributed by atoms with van der Waals surface area (Å²) in [4.78, 5) is 12.8. The Hall–Kier alpha value is -2.45. The van der Waals surface area contributed by atoms with Crippen molar-refractivity contribution in [2.75, 3.05) is 24.6 Å². The molecule has 1 aliphatic heterocycles. The molecule has 1 N–H and O–H groups in total. The van der Waals surface area contributed by atoms with Gasteiger partial charge in [0.1, 0.15) is 5.82 Å². The van der Waals surface area contributed by atoms with Gasteiger partial charge in [0.2, 0.25) is 15.9 Å². The van der Waals surface area contributed by atoms with Gasteiger partial charge in [-0.05, 0) is 63.1 Å². The standard InChI is InChI=1S/C21H26FN3O3S/c1-3-25(19-8-4-16(2)5-9-19)23-21(26)17-12-14-24(15-13-17)29(27,28)20-10-6-18(22)7-11-20/h4-11,17H,3,12-15H2,1-2H3,(H,23,26). The molecule has 0 atom stereocenters. The van der Waals surface area contributed by atoms with E-state index in [0.29, 0.717) is 19.4 Å². The normalized spacial score (nSPS) is 15.8. The first-order valence-electron chi connectivity index (χ1n) is 9.71. The molecule has 0 bridgehead atoms. The molecule has 6 nitrogen and oxygen atoms in total. The van der Waals surface area contributed by atoms with Gasteiger partial charge in [-0.15, -0.1) is 0 Å². The second-order valence-corrected chi connectivity index (χ2v) is 9.13. The highest BCUT2D eigenvalue weighted by Crippen LogP contribution is 2.24. The van der Waals surface area contributed by atoms with Gasteiger partial charge < -0.3 is 0 Å². The van der Waals surface area contributed by atoms with Crippen molar-refractivity contribution >= 4 is 21.6 Å². The molecule has 29 heavy (non-hydrogen) atoms. The summed E-state index contributed by atoms with van der Waals surface area (Å²) in [6, 6.07) is 12.7. The lowest BCUT2D eigenvalue weighted by Crippen LogP contribution is -2.48. The van der Waals surface area contributed by atoms with Gasteiger partial charge in [-0.1, -0.05) is 17.7 Å². The van der Waals surface area contributed by atoms with Crippen LogP contribution >= 0.6 is 0 Å². The van der Waals surface area contributed by atoms with Crippen LogP contribution in [-0.4, -0.2) is 38.3 Å². The van der Waals surface area contributed by atoms with Crippen LogP contribution in [0.5, 0.6) is 0 Å². The summed E-state index contributed by atoms with van der Waals surface area (Å²) < 4.78 is 39.9. The van der Waals surface area contributed by atoms with Crippen LogP contribution in [0.15, 0.2) is 53.4 Å². The first kappa shape index (κ1) is 21.3. The fourth-order valence-corrected chi connectivity index (χ4v) is 4.86. The third kappa shape index (κ3) is 4.94. The van der Waals surface area contributed by atoms with E-state index in [4.69, 9.17) is 0 Å². The van der Waals surface area contributed by atoms with E-state index in [9.17, 15) is 17.6 Å². The van der Waals surface area contributed by atoms with Crippen molar-refractivity contribution in [3.8, 4) is 0 Å². The molecule has 2 aromatic carbocycles. The number of sulfonamides is 1. The number of rotatable bonds is 6. The number of hydrazine groups is 1. The monoisotopic (exact) mass is 419 g/mol. The molecular formula is C21H26FN3O3S. The average molecular weight is 420 g/mol. The highest BCUT2D eigenvalue weighted by atomic mass is 32.2. The summed E-state index contributed by atoms with van der Waals surface area (Å²) in [5, 5.41) is 1.80. The zero-order valence-corrected chi connectivity index (χ0v) is 17.5. The van der Waals surface area contributed by atoms with Crippen LogP contribution in [-0.2, 0) is 14.8 Å². The molecule has 0 radical (unpaired) electrons. The van der Waals surface area contributed by atoms with Crippen molar-refractivity contribution in [3.63, 3.8) is 0 Å². The van der Waals surface area contributed by atoms with E-state index < -0.39 is 15.8 Å². The van der Waals surface area contributed by atoms with E-state index in [0.717, 1.165) is 23.4 Å². The third-order valence-electron chi connectivity index (χ3n) is 5.18. The number of nitrogens with zero attached hydrogens (tertiary/aromatic N) is 2. The maximum atomic E-state index is 13.1. The summed E-state index contributed by atoms with van der Waals surface area (Å²) in [6.07, 6.45) is 0.884. The lowest BCUT2D eigenvalue weighted by molar-refractivity contribution is -0.126. The summed E-state index contributed by atoms with van der Waals surface area (Å²) >= 11 is 0. The molecule has 0 spiro atoms. The predicted molar refractivity (Wildman–Crippen MR) is 110 cm³/mol. The van der Waals surface area contributed by atoms with E-state index in [1.807, 2.05) is 38.1 Å². The van der Waals surface area contributed by atoms with E-state index in [1.54, 1.807) is 5.01 Å². The quantitative estimate of drug-likeness (QED) is 0.731. The Morgan fingerprint density at radius 3 is 2.24 bits per heavy atom. The number of halogens is 1. The van der Waals surface area contributed by atoms with Crippen molar-refractivity contribution in [1.29, 1.82) is 0 Å². The third-order valence-corrected chi connectivity index (χ3v) is 7.10. The van der Waals surface area contributed by atoms with Crippen LogP contribution in [0.1, 0.15) is 25.3 Å². The highest BCUT2D eigenvalue weighted by molar-refractivity contribution is 7.89. The number of aryl methyl sites for hydroxylation is 1. The first-order chi connectivity index (χ1) is 13.8. The summed E-state index contributed by atoms with van der Waals surface area (Å²) in [5.41, 5.74) is 5.00. The van der Waals surface area contributed by atoms with Crippen LogP contribution in [0, 0.1) is 18.7 Å². The second kappa shape index (κ2) is 8.92. The van der Waals surface area contributed by atoms with Gasteiger partial charge in [0.15, 0.2) is 0 Å². The van der Waals surface area contributed by atoms with Crippen molar-refractivity contribution in [1.82, 2.24) is 9.73 Å². The number of nitrogens with one attached hydrogen (secondary N) is 1. The Balaban J connectivity index is 1.60. The zero-order valence-electron chi connectivity index (χ0n) is 16.6. The number of hydrogen-bond acceptors (Lipinski definition) is 4. The Morgan fingerprint density at radius 1 is 1.10 bits per heavy atom. The molecule has 3 rings (SSSR count). The summed E-state index contributed by atoms with van der Waals surface area (Å²) in [6.45, 7) is 5.10. The Morgan fingerprint density at radius 2 is 1.69 bits per heavy atom. The van der Waals surface area contributed by atoms with Gasteiger partial charge in [-0.3, -0.25) is 15.2 Å². The SMILES string of the molecule is CCN(NC(=O)C1CCN(S(=O)(=O)c2ccc(F)cc2)CC1)c1ccc(C)cc1. The largest absolute Gasteiger partial charge is 0.286 e. The molecule has 0 saturated carbocycles. The van der Waals surface area contributed by atoms with Gasteiger partial charge in [0.05, 0.1) is 10.6 Å². The Kier molecular flexibility index (Phi) is 6.54. The number of anilines is 1. The summed E-state index contributed by atoms with van der Waals surface area (Å²) in [5.74, 6) is -0.839. The molecule has 1 aliphatic rings. The lowest BCUT2D eigenvalue weighted by atomic mass is 9.97. The fourth-order valence-electron chi connectivity index (χ4n) is 3.39. The van der Waals surface area contributed by atoms with Crippen molar-refractivity contribution < 1.29 is 17.6 Å². The zero-order chi connectivity index (χ0) is 21.0. The number of carbonyl (C=O) groups is 1. The summed E-state index contributed by atoms with van der Waals surface area (Å²) in [7, 11) is -3.68. The molecule has 0 aromatic heterocycles. The van der Waals surface area contributed by atoms with Gasteiger partial charge in [0, 0.05) is 25.6 Å². The first-order valence-corrected chi connectivity index (χ1v) is 11.2. The number of hydrogen-bond donors (Lipinski definition) is 1. The van der Waals surface area contributed by atoms with Crippen molar-refractivity contribution in [2.24, 2.45) is 5.92 Å². The number of amides is 1. The van der Waals surface area contributed by atoms with Crippen molar-refractivity contribution in [3.05, 3.63) is 59.9 Å². The topological polar surface area (TPSA) is 69.7 Å². The smallest absolute Gasteiger partial charge is 0.243 e. The number of carbonyl (C=O) groups excluding carboxylic acids is 1. The van der Waals surface area contributed by atoms with Gasteiger partial charge >= 0.3 is 0 Å². The van der Waals surface area contributed by atoms with Crippen LogP contribution < -0.4 is 10.4 Å². The molecule has 1 amide bonds. The molecule has 2 aromatic rings. The lowest BCUT2D eigenvalue weighted by Gasteiger charge is -2.32. The van der Waals surface area contributed by atoms with Crippen LogP contribution in [0.4, 0.5) is 10.1 Å². The molecule has 1 heterocycles. The predicted octanol–water partition coefficient (Wildman–Crippen LogP) is 3.09. The van der Waals surface area contributed by atoms with E-state index in [2.05, 4.69) is 5.43 Å². The maximum Gasteiger partial charge on any atom is 0.243 e. The Labute approximate surface area is 171 Å². The van der Waals surface area contributed by atoms with Gasteiger partial charge in [-0.25, -0.2) is 12.8 Å². The molecule has 1 saturated heterocycles. The molecule has 156 valence electrons. The van der Waals surface area contributed by atoms with Gasteiger partial charge in [-0.2, -0.15) is 4.31 Å². The Bertz CT molecular complexity index is 938. The molecule has 1 fully saturated rings. The minimum atomic E-state index is -3.68. The molecule has 8 heteroatoms. The maximum absolute atomic E-state index is 13.1. The van der Waals surface area contributed by atoms with E-state index in [1.165, 1.54) is 16.4 Å². The van der Waals surface area contributed by atoms with Gasteiger partial charge in [0.25, 0.3) is 0 Å². The molecular weight excluding hydrogens is 393 g/mol. The van der Waals surface area contributed by atoms with E-state index >= 15 is 0 Å². The second-order valence-electron chi connectivity index (χ2n) is 7.19. The van der Waals surface area contributed by atoms with Crippen molar-refractivity contribution in [2.45, 2.75) is 31.6 Å². The number of piperidine rings is 1. The van der Waals surface area contributed by atoms with E-state index in [-0.39, 0.29) is 29.8 Å². The van der Waals surface area contributed by atoms with Crippen LogP contribution in [0.25, 0.3) is 0 Å². The average Bonchev–Trinajstić information content (AvgIpc) is 2.73. The highest BCUT2D eigenvalue weighted by Gasteiger charge is 2.32. The van der Waals surface area contributed by atoms with Crippen LogP contribution in [0.2, 0.25) is 0 Å². The molecule has 0 aliphatic carbocycles. The minimum Gasteiger partial charge on any atom is -0.286 e. The number of benzene rings is 2.